The third-order valence-corrected chi connectivity index (χ3v) is 10.9. The van der Waals surface area contributed by atoms with Crippen molar-refractivity contribution in [1.82, 2.24) is 0 Å². The van der Waals surface area contributed by atoms with E-state index in [9.17, 15) is 10.1 Å². The SMILES string of the molecule is CC1(C)O[C@H]2CC3C4(C[C@@H]5[C@H](CC[C@]6(C)C(=O)CC[C@]56CC#N)[C@@]3(C)C[C@H]2O1)OCCO4. The first-order valence-corrected chi connectivity index (χ1v) is 12.6. The minimum absolute atomic E-state index is 0.0341. The number of carbonyl (C=O) groups is 1. The first-order valence-electron chi connectivity index (χ1n) is 12.6. The summed E-state index contributed by atoms with van der Waals surface area (Å²) in [6.45, 7) is 9.82. The second kappa shape index (κ2) is 6.56. The fraction of sp³-hybridized carbons (Fsp3) is 0.923. The number of rotatable bonds is 1. The van der Waals surface area contributed by atoms with Crippen molar-refractivity contribution in [3.63, 3.8) is 0 Å². The highest BCUT2D eigenvalue weighted by Crippen LogP contribution is 2.74. The molecule has 6 rings (SSSR count). The second-order valence-electron chi connectivity index (χ2n) is 12.4. The third kappa shape index (κ3) is 2.52. The van der Waals surface area contributed by atoms with Crippen LogP contribution in [-0.2, 0) is 23.7 Å². The number of hydrogen-bond acceptors (Lipinski definition) is 6. The summed E-state index contributed by atoms with van der Waals surface area (Å²) in [4.78, 5) is 13.2. The Morgan fingerprint density at radius 2 is 1.72 bits per heavy atom. The molecule has 0 radical (unpaired) electrons. The van der Waals surface area contributed by atoms with Gasteiger partial charge < -0.3 is 18.9 Å². The lowest BCUT2D eigenvalue weighted by Crippen LogP contribution is -2.67. The van der Waals surface area contributed by atoms with Crippen LogP contribution in [0.25, 0.3) is 0 Å². The van der Waals surface area contributed by atoms with Crippen molar-refractivity contribution >= 4 is 5.78 Å². The van der Waals surface area contributed by atoms with Gasteiger partial charge in [0, 0.05) is 30.6 Å². The molecule has 6 aliphatic rings. The number of ketones is 1. The monoisotopic (exact) mass is 443 g/mol. The fourth-order valence-electron chi connectivity index (χ4n) is 9.55. The number of hydrogen-bond donors (Lipinski definition) is 0. The molecule has 6 heteroatoms. The molecule has 0 aromatic rings. The van der Waals surface area contributed by atoms with Crippen LogP contribution in [0.3, 0.4) is 0 Å². The van der Waals surface area contributed by atoms with Crippen molar-refractivity contribution in [2.45, 2.75) is 103 Å². The van der Waals surface area contributed by atoms with Crippen molar-refractivity contribution in [2.75, 3.05) is 13.2 Å². The zero-order chi connectivity index (χ0) is 22.6. The lowest BCUT2D eigenvalue weighted by atomic mass is 9.39. The van der Waals surface area contributed by atoms with E-state index in [4.69, 9.17) is 18.9 Å². The van der Waals surface area contributed by atoms with Gasteiger partial charge in [-0.25, -0.2) is 0 Å². The van der Waals surface area contributed by atoms with Gasteiger partial charge in [0.1, 0.15) is 5.78 Å². The van der Waals surface area contributed by atoms with E-state index in [0.717, 1.165) is 38.5 Å². The van der Waals surface area contributed by atoms with Gasteiger partial charge in [-0.3, -0.25) is 4.79 Å². The first kappa shape index (κ1) is 21.5. The Hall–Kier alpha value is -1.00. The zero-order valence-corrected chi connectivity index (χ0v) is 19.9. The van der Waals surface area contributed by atoms with E-state index >= 15 is 0 Å². The Morgan fingerprint density at radius 1 is 1.00 bits per heavy atom. The van der Waals surface area contributed by atoms with Gasteiger partial charge >= 0.3 is 0 Å². The van der Waals surface area contributed by atoms with Crippen LogP contribution in [-0.4, -0.2) is 42.8 Å². The van der Waals surface area contributed by atoms with E-state index in [1.165, 1.54) is 0 Å². The molecule has 32 heavy (non-hydrogen) atoms. The molecule has 0 aromatic heterocycles. The largest absolute Gasteiger partial charge is 0.347 e. The maximum absolute atomic E-state index is 13.2. The van der Waals surface area contributed by atoms with Gasteiger partial charge in [-0.2, -0.15) is 5.26 Å². The van der Waals surface area contributed by atoms with Crippen LogP contribution in [0, 0.1) is 45.3 Å². The molecule has 0 amide bonds. The number of fused-ring (bicyclic) bond motifs is 7. The Bertz CT molecular complexity index is 874. The van der Waals surface area contributed by atoms with Crippen molar-refractivity contribution in [1.29, 1.82) is 5.26 Å². The Kier molecular flexibility index (Phi) is 4.42. The highest BCUT2D eigenvalue weighted by Gasteiger charge is 2.73. The molecule has 0 N–H and O–H groups in total. The Balaban J connectivity index is 1.46. The molecule has 4 saturated carbocycles. The van der Waals surface area contributed by atoms with E-state index < -0.39 is 17.0 Å². The standard InChI is InChI=1S/C26H37NO5/c1-22(2)31-18-13-20-23(3,15-19(18)32-22)16-5-7-24(4)21(28)6-8-25(24,9-10-27)17(16)14-26(20)29-11-12-30-26/h16-20H,5-9,11-15H2,1-4H3/t16-,17+,18-,19+,20?,23+,24+,25-/m0/s1. The van der Waals surface area contributed by atoms with E-state index in [1.54, 1.807) is 0 Å². The maximum Gasteiger partial charge on any atom is 0.172 e. The normalized spacial score (nSPS) is 52.7. The molecule has 2 heterocycles. The van der Waals surface area contributed by atoms with Gasteiger partial charge in [0.05, 0.1) is 31.5 Å². The van der Waals surface area contributed by atoms with Crippen molar-refractivity contribution < 1.29 is 23.7 Å². The second-order valence-corrected chi connectivity index (χ2v) is 12.4. The maximum atomic E-state index is 13.2. The van der Waals surface area contributed by atoms with Gasteiger partial charge in [-0.15, -0.1) is 0 Å². The average molecular weight is 444 g/mol. The predicted molar refractivity (Wildman–Crippen MR) is 115 cm³/mol. The summed E-state index contributed by atoms with van der Waals surface area (Å²) in [7, 11) is 0. The predicted octanol–water partition coefficient (Wildman–Crippen LogP) is 4.37. The molecular formula is C26H37NO5. The van der Waals surface area contributed by atoms with Crippen molar-refractivity contribution in [3.8, 4) is 6.07 Å². The fourth-order valence-corrected chi connectivity index (χ4v) is 9.55. The van der Waals surface area contributed by atoms with Crippen LogP contribution < -0.4 is 0 Å². The topological polar surface area (TPSA) is 77.8 Å². The van der Waals surface area contributed by atoms with Crippen molar-refractivity contribution in [3.05, 3.63) is 0 Å². The molecule has 1 spiro atoms. The van der Waals surface area contributed by atoms with Gasteiger partial charge in [-0.1, -0.05) is 13.8 Å². The summed E-state index contributed by atoms with van der Waals surface area (Å²) in [5.74, 6) is 0.0827. The van der Waals surface area contributed by atoms with Crippen molar-refractivity contribution in [2.24, 2.45) is 34.0 Å². The summed E-state index contributed by atoms with van der Waals surface area (Å²) >= 11 is 0. The average Bonchev–Trinajstić information content (AvgIpc) is 3.37. The van der Waals surface area contributed by atoms with E-state index in [2.05, 4.69) is 19.9 Å². The Labute approximate surface area is 191 Å². The zero-order valence-electron chi connectivity index (χ0n) is 19.9. The molecule has 2 saturated heterocycles. The molecule has 0 aromatic carbocycles. The number of ether oxygens (including phenoxy) is 4. The summed E-state index contributed by atoms with van der Waals surface area (Å²) < 4.78 is 25.7. The van der Waals surface area contributed by atoms with Gasteiger partial charge in [0.2, 0.25) is 0 Å². The lowest BCUT2D eigenvalue weighted by molar-refractivity contribution is -0.308. The van der Waals surface area contributed by atoms with Crippen LogP contribution in [0.1, 0.15) is 79.1 Å². The summed E-state index contributed by atoms with van der Waals surface area (Å²) in [5, 5.41) is 9.93. The summed E-state index contributed by atoms with van der Waals surface area (Å²) in [6.07, 6.45) is 6.56. The third-order valence-electron chi connectivity index (χ3n) is 10.9. The van der Waals surface area contributed by atoms with Crippen LogP contribution in [0.2, 0.25) is 0 Å². The number of nitriles is 1. The molecule has 6 fully saturated rings. The van der Waals surface area contributed by atoms with E-state index in [-0.39, 0.29) is 34.9 Å². The highest BCUT2D eigenvalue weighted by molar-refractivity contribution is 5.88. The number of Topliss-reactive ketones (excluding diaryl/α,β-unsaturated/α-hetero) is 1. The van der Waals surface area contributed by atoms with Gasteiger partial charge in [0.15, 0.2) is 11.6 Å². The smallest absolute Gasteiger partial charge is 0.172 e. The molecule has 2 aliphatic heterocycles. The van der Waals surface area contributed by atoms with E-state index in [0.29, 0.717) is 37.8 Å². The minimum atomic E-state index is -0.636. The molecule has 1 unspecified atom stereocenters. The summed E-state index contributed by atoms with van der Waals surface area (Å²) in [5.41, 5.74) is -0.714. The molecule has 176 valence electrons. The molecule has 0 bridgehead atoms. The first-order chi connectivity index (χ1) is 15.1. The number of nitrogens with zero attached hydrogens (tertiary/aromatic N) is 1. The summed E-state index contributed by atoms with van der Waals surface area (Å²) in [6, 6.07) is 2.51. The molecule has 4 aliphatic carbocycles. The van der Waals surface area contributed by atoms with Gasteiger partial charge in [0.25, 0.3) is 0 Å². The van der Waals surface area contributed by atoms with Gasteiger partial charge in [-0.05, 0) is 68.6 Å². The highest BCUT2D eigenvalue weighted by atomic mass is 16.8. The van der Waals surface area contributed by atoms with Crippen LogP contribution in [0.15, 0.2) is 0 Å². The molecular weight excluding hydrogens is 406 g/mol. The Morgan fingerprint density at radius 3 is 2.44 bits per heavy atom. The van der Waals surface area contributed by atoms with Crippen LogP contribution >= 0.6 is 0 Å². The lowest BCUT2D eigenvalue weighted by Gasteiger charge is -2.67. The van der Waals surface area contributed by atoms with Crippen LogP contribution in [0.4, 0.5) is 0 Å². The quantitative estimate of drug-likeness (QED) is 0.599. The minimum Gasteiger partial charge on any atom is -0.347 e. The van der Waals surface area contributed by atoms with Crippen LogP contribution in [0.5, 0.6) is 0 Å². The van der Waals surface area contributed by atoms with E-state index in [1.807, 2.05) is 13.8 Å². The molecule has 8 atom stereocenters. The molecule has 6 nitrogen and oxygen atoms in total. The number of carbonyl (C=O) groups excluding carboxylic acids is 1.